The number of rotatable bonds is 8. The Labute approximate surface area is 221 Å². The first-order chi connectivity index (χ1) is 18.4. The van der Waals surface area contributed by atoms with Gasteiger partial charge < -0.3 is 19.1 Å². The molecule has 0 aromatic heterocycles. The van der Waals surface area contributed by atoms with Crippen molar-refractivity contribution in [2.24, 2.45) is 4.40 Å². The van der Waals surface area contributed by atoms with Crippen LogP contribution < -0.4 is 9.47 Å². The molecule has 0 aliphatic carbocycles. The zero-order valence-electron chi connectivity index (χ0n) is 20.9. The number of hydrogen-bond acceptors (Lipinski definition) is 7. The fourth-order valence-electron chi connectivity index (χ4n) is 4.33. The molecule has 4 aromatic carbocycles. The van der Waals surface area contributed by atoms with Gasteiger partial charge in [0.2, 0.25) is 0 Å². The summed E-state index contributed by atoms with van der Waals surface area (Å²) in [6, 6.07) is 26.9. The van der Waals surface area contributed by atoms with Gasteiger partial charge in [-0.2, -0.15) is 8.42 Å². The van der Waals surface area contributed by atoms with Gasteiger partial charge in [-0.15, -0.1) is 4.40 Å². The van der Waals surface area contributed by atoms with Crippen molar-refractivity contribution < 1.29 is 27.4 Å². The molecule has 1 atom stereocenters. The standard InChI is InChI=1S/C29H26N2O6S/c1-31(28-25-11-5-6-13-27(25)38(33,34)30-28)18-23(37-29(32)21-14-16-22(35-2)17-15-21)19-36-26-12-7-9-20-8-3-4-10-24(20)26/h3-17,23H,18-19H2,1-2H3/t23-/m1/s1. The van der Waals surface area contributed by atoms with Crippen molar-refractivity contribution in [1.29, 1.82) is 0 Å². The summed E-state index contributed by atoms with van der Waals surface area (Å²) in [5, 5.41) is 1.96. The zero-order chi connectivity index (χ0) is 26.7. The first-order valence-electron chi connectivity index (χ1n) is 12.0. The highest BCUT2D eigenvalue weighted by molar-refractivity contribution is 7.90. The van der Waals surface area contributed by atoms with Crippen LogP contribution >= 0.6 is 0 Å². The third-order valence-corrected chi connectivity index (χ3v) is 7.55. The van der Waals surface area contributed by atoms with E-state index in [2.05, 4.69) is 4.40 Å². The number of sulfonamides is 1. The number of benzene rings is 4. The SMILES string of the molecule is COc1ccc(C(=O)O[C@@H](COc2cccc3ccccc23)CN(C)C2=NS(=O)(=O)c3ccccc32)cc1. The highest BCUT2D eigenvalue weighted by atomic mass is 32.2. The number of amidine groups is 1. The van der Waals surface area contributed by atoms with Crippen LogP contribution in [-0.4, -0.2) is 58.5 Å². The van der Waals surface area contributed by atoms with Crippen molar-refractivity contribution in [1.82, 2.24) is 4.90 Å². The second kappa shape index (κ2) is 10.5. The van der Waals surface area contributed by atoms with Crippen molar-refractivity contribution in [2.75, 3.05) is 27.3 Å². The van der Waals surface area contributed by atoms with E-state index in [-0.39, 0.29) is 23.9 Å². The Kier molecular flexibility index (Phi) is 7.02. The summed E-state index contributed by atoms with van der Waals surface area (Å²) >= 11 is 0. The lowest BCUT2D eigenvalue weighted by molar-refractivity contribution is 0.0132. The maximum Gasteiger partial charge on any atom is 0.338 e. The summed E-state index contributed by atoms with van der Waals surface area (Å²) in [6.45, 7) is 0.192. The van der Waals surface area contributed by atoms with Gasteiger partial charge in [0.15, 0.2) is 11.9 Å². The largest absolute Gasteiger partial charge is 0.497 e. The molecule has 1 heterocycles. The van der Waals surface area contributed by atoms with E-state index in [1.54, 1.807) is 61.5 Å². The minimum Gasteiger partial charge on any atom is -0.497 e. The van der Waals surface area contributed by atoms with E-state index < -0.39 is 22.1 Å². The minimum atomic E-state index is -3.79. The smallest absolute Gasteiger partial charge is 0.338 e. The van der Waals surface area contributed by atoms with Crippen LogP contribution in [0.15, 0.2) is 100 Å². The maximum absolute atomic E-state index is 13.0. The quantitative estimate of drug-likeness (QED) is 0.309. The Balaban J connectivity index is 1.39. The van der Waals surface area contributed by atoms with Crippen LogP contribution in [0.2, 0.25) is 0 Å². The zero-order valence-corrected chi connectivity index (χ0v) is 21.7. The van der Waals surface area contributed by atoms with Crippen molar-refractivity contribution in [2.45, 2.75) is 11.0 Å². The molecule has 0 unspecified atom stereocenters. The van der Waals surface area contributed by atoms with Crippen LogP contribution in [0.1, 0.15) is 15.9 Å². The minimum absolute atomic E-state index is 0.0436. The Hall–Kier alpha value is -4.37. The van der Waals surface area contributed by atoms with Gasteiger partial charge in [0.1, 0.15) is 23.0 Å². The second-order valence-corrected chi connectivity index (χ2v) is 10.4. The highest BCUT2D eigenvalue weighted by Crippen LogP contribution is 2.28. The summed E-state index contributed by atoms with van der Waals surface area (Å²) < 4.78 is 46.3. The van der Waals surface area contributed by atoms with E-state index in [0.717, 1.165) is 10.8 Å². The van der Waals surface area contributed by atoms with Gasteiger partial charge in [-0.25, -0.2) is 4.79 Å². The molecule has 0 spiro atoms. The third kappa shape index (κ3) is 5.19. The van der Waals surface area contributed by atoms with E-state index in [1.165, 1.54) is 6.07 Å². The summed E-state index contributed by atoms with van der Waals surface area (Å²) in [4.78, 5) is 14.8. The van der Waals surface area contributed by atoms with E-state index in [1.807, 2.05) is 42.5 Å². The summed E-state index contributed by atoms with van der Waals surface area (Å²) in [5.74, 6) is 1.03. The predicted octanol–water partition coefficient (Wildman–Crippen LogP) is 4.53. The van der Waals surface area contributed by atoms with E-state index in [9.17, 15) is 13.2 Å². The lowest BCUT2D eigenvalue weighted by Crippen LogP contribution is -2.39. The molecule has 38 heavy (non-hydrogen) atoms. The number of methoxy groups -OCH3 is 1. The third-order valence-electron chi connectivity index (χ3n) is 6.23. The molecule has 0 saturated heterocycles. The first-order valence-corrected chi connectivity index (χ1v) is 13.4. The van der Waals surface area contributed by atoms with Gasteiger partial charge >= 0.3 is 5.97 Å². The van der Waals surface area contributed by atoms with Crippen LogP contribution in [0.25, 0.3) is 10.8 Å². The normalized spacial score (nSPS) is 14.3. The number of carbonyl (C=O) groups is 1. The molecule has 5 rings (SSSR count). The topological polar surface area (TPSA) is 94.5 Å². The van der Waals surface area contributed by atoms with Gasteiger partial charge in [0.05, 0.1) is 19.2 Å². The fourth-order valence-corrected chi connectivity index (χ4v) is 5.58. The molecule has 0 amide bonds. The van der Waals surface area contributed by atoms with Crippen LogP contribution in [0.3, 0.4) is 0 Å². The molecule has 9 heteroatoms. The van der Waals surface area contributed by atoms with Crippen molar-refractivity contribution in [3.8, 4) is 11.5 Å². The predicted molar refractivity (Wildman–Crippen MR) is 144 cm³/mol. The first kappa shape index (κ1) is 25.3. The maximum atomic E-state index is 13.0. The fraction of sp³-hybridized carbons (Fsp3) is 0.172. The van der Waals surface area contributed by atoms with Crippen LogP contribution in [0.5, 0.6) is 11.5 Å². The molecular weight excluding hydrogens is 504 g/mol. The molecule has 0 fully saturated rings. The highest BCUT2D eigenvalue weighted by Gasteiger charge is 2.32. The average Bonchev–Trinajstić information content (AvgIpc) is 3.22. The number of carbonyl (C=O) groups excluding carboxylic acids is 1. The van der Waals surface area contributed by atoms with Gasteiger partial charge in [0.25, 0.3) is 10.0 Å². The molecule has 8 nitrogen and oxygen atoms in total. The van der Waals surface area contributed by atoms with Gasteiger partial charge in [-0.3, -0.25) is 0 Å². The number of nitrogens with zero attached hydrogens (tertiary/aromatic N) is 2. The van der Waals surface area contributed by atoms with Crippen molar-refractivity contribution >= 4 is 32.6 Å². The lowest BCUT2D eigenvalue weighted by Gasteiger charge is -2.26. The number of ether oxygens (including phenoxy) is 3. The number of esters is 1. The number of likely N-dealkylation sites (N-methyl/N-ethyl adjacent to an activating group) is 1. The van der Waals surface area contributed by atoms with E-state index >= 15 is 0 Å². The van der Waals surface area contributed by atoms with Crippen LogP contribution in [0, 0.1) is 0 Å². The lowest BCUT2D eigenvalue weighted by atomic mass is 10.1. The second-order valence-electron chi connectivity index (χ2n) is 8.81. The summed E-state index contributed by atoms with van der Waals surface area (Å²) in [6.07, 6.45) is -0.744. The Bertz CT molecular complexity index is 1610. The van der Waals surface area contributed by atoms with Crippen molar-refractivity contribution in [3.63, 3.8) is 0 Å². The Morgan fingerprint density at radius 3 is 2.42 bits per heavy atom. The van der Waals surface area contributed by atoms with E-state index in [4.69, 9.17) is 14.2 Å². The molecular formula is C29H26N2O6S. The van der Waals surface area contributed by atoms with Gasteiger partial charge in [-0.1, -0.05) is 48.5 Å². The molecule has 0 radical (unpaired) electrons. The molecule has 1 aliphatic heterocycles. The molecule has 0 N–H and O–H groups in total. The summed E-state index contributed by atoms with van der Waals surface area (Å²) in [5.41, 5.74) is 0.861. The molecule has 1 aliphatic rings. The number of hydrogen-bond donors (Lipinski definition) is 0. The average molecular weight is 531 g/mol. The van der Waals surface area contributed by atoms with Crippen molar-refractivity contribution in [3.05, 3.63) is 102 Å². The Morgan fingerprint density at radius 2 is 1.63 bits per heavy atom. The monoisotopic (exact) mass is 530 g/mol. The molecule has 4 aromatic rings. The Morgan fingerprint density at radius 1 is 0.921 bits per heavy atom. The van der Waals surface area contributed by atoms with Gasteiger partial charge in [-0.05, 0) is 47.9 Å². The summed E-state index contributed by atoms with van der Waals surface area (Å²) in [7, 11) is -0.532. The van der Waals surface area contributed by atoms with E-state index in [0.29, 0.717) is 22.6 Å². The van der Waals surface area contributed by atoms with Crippen LogP contribution in [-0.2, 0) is 14.8 Å². The van der Waals surface area contributed by atoms with Gasteiger partial charge in [0, 0.05) is 18.0 Å². The number of fused-ring (bicyclic) bond motifs is 2. The molecule has 194 valence electrons. The molecule has 0 bridgehead atoms. The molecule has 0 saturated carbocycles. The van der Waals surface area contributed by atoms with Crippen LogP contribution in [0.4, 0.5) is 0 Å².